The number of halogens is 2. The van der Waals surface area contributed by atoms with Crippen molar-refractivity contribution in [1.29, 1.82) is 0 Å². The van der Waals surface area contributed by atoms with E-state index in [0.29, 0.717) is 17.5 Å². The highest BCUT2D eigenvalue weighted by atomic mass is 79.9. The minimum Gasteiger partial charge on any atom is -0.302 e. The number of hydrogen-bond acceptors (Lipinski definition) is 1. The van der Waals surface area contributed by atoms with Crippen molar-refractivity contribution in [1.82, 2.24) is 0 Å². The minimum atomic E-state index is -0.409. The Balaban J connectivity index is 3.02. The molecule has 70 valence electrons. The molecule has 0 radical (unpaired) electrons. The summed E-state index contributed by atoms with van der Waals surface area (Å²) in [6.45, 7) is 1.89. The van der Waals surface area contributed by atoms with Gasteiger partial charge in [-0.15, -0.1) is 0 Å². The lowest BCUT2D eigenvalue weighted by atomic mass is 10.1. The molecule has 0 aliphatic carbocycles. The maximum Gasteiger partial charge on any atom is 0.138 e. The summed E-state index contributed by atoms with van der Waals surface area (Å²) in [6, 6.07) is 4.87. The highest BCUT2D eigenvalue weighted by Gasteiger charge is 2.08. The van der Waals surface area contributed by atoms with Gasteiger partial charge in [0, 0.05) is 0 Å². The summed E-state index contributed by atoms with van der Waals surface area (Å²) in [6.07, 6.45) is 1.40. The van der Waals surface area contributed by atoms with Crippen LogP contribution in [0.2, 0.25) is 0 Å². The van der Waals surface area contributed by atoms with Gasteiger partial charge in [0.25, 0.3) is 0 Å². The second kappa shape index (κ2) is 4.51. The molecule has 1 rings (SSSR count). The predicted octanol–water partition coefficient (Wildman–Crippen LogP) is 3.02. The molecule has 0 spiro atoms. The van der Waals surface area contributed by atoms with Gasteiger partial charge in [0.15, 0.2) is 0 Å². The Morgan fingerprint density at radius 2 is 2.31 bits per heavy atom. The van der Waals surface area contributed by atoms with Crippen LogP contribution in [0.25, 0.3) is 0 Å². The lowest BCUT2D eigenvalue weighted by molar-refractivity contribution is -0.107. The summed E-state index contributed by atoms with van der Waals surface area (Å²) in [7, 11) is 0. The summed E-state index contributed by atoms with van der Waals surface area (Å²) >= 11 is 3.13. The van der Waals surface area contributed by atoms with Gasteiger partial charge in [0.05, 0.1) is 4.83 Å². The molecule has 0 bridgehead atoms. The highest BCUT2D eigenvalue weighted by Crippen LogP contribution is 2.22. The molecule has 0 aliphatic heterocycles. The van der Waals surface area contributed by atoms with Gasteiger partial charge in [0.2, 0.25) is 0 Å². The Kier molecular flexibility index (Phi) is 3.60. The molecule has 1 nitrogen and oxygen atoms in total. The SMILES string of the molecule is CCc1ccc(C(Br)C=O)cc1F. The van der Waals surface area contributed by atoms with Gasteiger partial charge in [-0.25, -0.2) is 4.39 Å². The maximum absolute atomic E-state index is 13.2. The van der Waals surface area contributed by atoms with Crippen molar-refractivity contribution in [3.63, 3.8) is 0 Å². The van der Waals surface area contributed by atoms with Crippen LogP contribution >= 0.6 is 15.9 Å². The molecule has 1 atom stereocenters. The van der Waals surface area contributed by atoms with E-state index >= 15 is 0 Å². The van der Waals surface area contributed by atoms with E-state index in [1.54, 1.807) is 12.1 Å². The summed E-state index contributed by atoms with van der Waals surface area (Å²) in [4.78, 5) is 9.99. The lowest BCUT2D eigenvalue weighted by Gasteiger charge is -2.04. The number of aldehydes is 1. The molecule has 0 aliphatic rings. The third-order valence-corrected chi connectivity index (χ3v) is 2.64. The molecule has 0 fully saturated rings. The first kappa shape index (κ1) is 10.4. The standard InChI is InChI=1S/C10H10BrFO/c1-2-7-3-4-8(5-10(7)12)9(11)6-13/h3-6,9H,2H2,1H3. The molecule has 13 heavy (non-hydrogen) atoms. The fourth-order valence-corrected chi connectivity index (χ4v) is 1.39. The fraction of sp³-hybridized carbons (Fsp3) is 0.300. The van der Waals surface area contributed by atoms with Crippen molar-refractivity contribution in [2.75, 3.05) is 0 Å². The zero-order valence-corrected chi connectivity index (χ0v) is 8.84. The summed E-state index contributed by atoms with van der Waals surface area (Å²) < 4.78 is 13.2. The van der Waals surface area contributed by atoms with E-state index in [0.717, 1.165) is 6.29 Å². The van der Waals surface area contributed by atoms with Crippen molar-refractivity contribution in [2.45, 2.75) is 18.2 Å². The second-order valence-corrected chi connectivity index (χ2v) is 3.73. The van der Waals surface area contributed by atoms with Crippen LogP contribution in [-0.2, 0) is 11.2 Å². The van der Waals surface area contributed by atoms with Crippen LogP contribution in [0.1, 0.15) is 22.9 Å². The van der Waals surface area contributed by atoms with Gasteiger partial charge < -0.3 is 4.79 Å². The molecule has 1 aromatic carbocycles. The number of carbonyl (C=O) groups is 1. The molecule has 0 saturated carbocycles. The summed E-state index contributed by atoms with van der Waals surface area (Å²) in [5.74, 6) is -0.244. The summed E-state index contributed by atoms with van der Waals surface area (Å²) in [5.41, 5.74) is 1.33. The average molecular weight is 245 g/mol. The molecule has 0 heterocycles. The molecule has 0 aromatic heterocycles. The number of aryl methyl sites for hydroxylation is 1. The van der Waals surface area contributed by atoms with E-state index in [1.165, 1.54) is 6.07 Å². The zero-order valence-electron chi connectivity index (χ0n) is 7.26. The number of alkyl halides is 1. The molecule has 1 aromatic rings. The van der Waals surface area contributed by atoms with Crippen LogP contribution in [0.15, 0.2) is 18.2 Å². The van der Waals surface area contributed by atoms with Crippen LogP contribution in [-0.4, -0.2) is 6.29 Å². The van der Waals surface area contributed by atoms with Crippen molar-refractivity contribution < 1.29 is 9.18 Å². The third-order valence-electron chi connectivity index (χ3n) is 1.90. The van der Waals surface area contributed by atoms with Crippen molar-refractivity contribution in [2.24, 2.45) is 0 Å². The smallest absolute Gasteiger partial charge is 0.138 e. The molecule has 0 amide bonds. The third kappa shape index (κ3) is 2.37. The van der Waals surface area contributed by atoms with Gasteiger partial charge in [0.1, 0.15) is 12.1 Å². The van der Waals surface area contributed by atoms with E-state index in [-0.39, 0.29) is 5.82 Å². The molecule has 1 unspecified atom stereocenters. The number of benzene rings is 1. The monoisotopic (exact) mass is 244 g/mol. The van der Waals surface area contributed by atoms with E-state index in [4.69, 9.17) is 0 Å². The van der Waals surface area contributed by atoms with E-state index in [1.807, 2.05) is 6.92 Å². The van der Waals surface area contributed by atoms with Crippen LogP contribution in [0.3, 0.4) is 0 Å². The zero-order chi connectivity index (χ0) is 9.84. The molecular formula is C10H10BrFO. The van der Waals surface area contributed by atoms with E-state index in [2.05, 4.69) is 15.9 Å². The van der Waals surface area contributed by atoms with Crippen molar-refractivity contribution in [3.05, 3.63) is 35.1 Å². The van der Waals surface area contributed by atoms with Crippen LogP contribution < -0.4 is 0 Å². The molecular weight excluding hydrogens is 235 g/mol. The quantitative estimate of drug-likeness (QED) is 0.590. The van der Waals surface area contributed by atoms with Crippen LogP contribution in [0, 0.1) is 5.82 Å². The van der Waals surface area contributed by atoms with Crippen LogP contribution in [0.5, 0.6) is 0 Å². The topological polar surface area (TPSA) is 17.1 Å². The maximum atomic E-state index is 13.2. The lowest BCUT2D eigenvalue weighted by Crippen LogP contribution is -1.94. The Hall–Kier alpha value is -0.700. The predicted molar refractivity (Wildman–Crippen MR) is 53.5 cm³/mol. The number of hydrogen-bond donors (Lipinski definition) is 0. The molecule has 0 saturated heterocycles. The Bertz CT molecular complexity index is 312. The van der Waals surface area contributed by atoms with E-state index in [9.17, 15) is 9.18 Å². The van der Waals surface area contributed by atoms with Crippen LogP contribution in [0.4, 0.5) is 4.39 Å². The number of rotatable bonds is 3. The van der Waals surface area contributed by atoms with Crippen molar-refractivity contribution >= 4 is 22.2 Å². The Labute approximate surface area is 85.1 Å². The largest absolute Gasteiger partial charge is 0.302 e. The van der Waals surface area contributed by atoms with Crippen molar-refractivity contribution in [3.8, 4) is 0 Å². The normalized spacial score (nSPS) is 12.5. The Morgan fingerprint density at radius 1 is 1.62 bits per heavy atom. The fourth-order valence-electron chi connectivity index (χ4n) is 1.10. The van der Waals surface area contributed by atoms with Gasteiger partial charge in [-0.05, 0) is 23.6 Å². The second-order valence-electron chi connectivity index (χ2n) is 2.74. The minimum absolute atomic E-state index is 0.244. The van der Waals surface area contributed by atoms with Gasteiger partial charge in [-0.1, -0.05) is 35.0 Å². The summed E-state index contributed by atoms with van der Waals surface area (Å²) in [5, 5.41) is 0. The van der Waals surface area contributed by atoms with Gasteiger partial charge in [-0.2, -0.15) is 0 Å². The number of carbonyl (C=O) groups excluding carboxylic acids is 1. The first-order chi connectivity index (χ1) is 6.19. The van der Waals surface area contributed by atoms with Gasteiger partial charge in [-0.3, -0.25) is 0 Å². The van der Waals surface area contributed by atoms with E-state index < -0.39 is 4.83 Å². The Morgan fingerprint density at radius 3 is 2.77 bits per heavy atom. The average Bonchev–Trinajstić information content (AvgIpc) is 2.16. The first-order valence-corrected chi connectivity index (χ1v) is 4.98. The first-order valence-electron chi connectivity index (χ1n) is 4.06. The van der Waals surface area contributed by atoms with Gasteiger partial charge >= 0.3 is 0 Å². The molecule has 3 heteroatoms. The highest BCUT2D eigenvalue weighted by molar-refractivity contribution is 9.09. The molecule has 0 N–H and O–H groups in total.